The third-order valence-electron chi connectivity index (χ3n) is 7.58. The number of carboxylic acid groups (broad SMARTS) is 1. The van der Waals surface area contributed by atoms with E-state index < -0.39 is 58.7 Å². The summed E-state index contributed by atoms with van der Waals surface area (Å²) in [5.74, 6) is -2.64. The molecule has 1 unspecified atom stereocenters. The van der Waals surface area contributed by atoms with Crippen molar-refractivity contribution in [1.82, 2.24) is 25.3 Å². The second kappa shape index (κ2) is 12.2. The topological polar surface area (TPSA) is 160 Å². The molecule has 224 valence electrons. The highest BCUT2D eigenvalue weighted by Gasteiger charge is 2.61. The summed E-state index contributed by atoms with van der Waals surface area (Å²) >= 11 is 6.50. The number of aromatic nitrogens is 2. The molecule has 2 fully saturated rings. The number of ether oxygens (including phenoxy) is 1. The maximum absolute atomic E-state index is 14.0. The molecule has 3 heterocycles. The van der Waals surface area contributed by atoms with Crippen molar-refractivity contribution in [3.8, 4) is 0 Å². The number of amides is 3. The largest absolute Gasteiger partial charge is 0.479 e. The van der Waals surface area contributed by atoms with Crippen LogP contribution in [0.3, 0.4) is 0 Å². The highest BCUT2D eigenvalue weighted by atomic mass is 79.9. The Morgan fingerprint density at radius 1 is 1.20 bits per heavy atom. The Balaban J connectivity index is 1.69. The Morgan fingerprint density at radius 2 is 1.93 bits per heavy atom. The van der Waals surface area contributed by atoms with E-state index in [-0.39, 0.29) is 29.8 Å². The van der Waals surface area contributed by atoms with Crippen LogP contribution in [-0.4, -0.2) is 73.4 Å². The Bertz CT molecular complexity index is 1310. The Labute approximate surface area is 254 Å². The first-order chi connectivity index (χ1) is 19.2. The number of fused-ring (bicyclic) bond motifs is 2. The van der Waals surface area contributed by atoms with Gasteiger partial charge < -0.3 is 25.4 Å². The third-order valence-corrected chi connectivity index (χ3v) is 9.47. The molecule has 3 amide bonds. The van der Waals surface area contributed by atoms with Gasteiger partial charge in [0, 0.05) is 18.9 Å². The number of allylic oxidation sites excluding steroid dienone is 1. The Hall–Kier alpha value is -2.74. The highest BCUT2D eigenvalue weighted by molar-refractivity contribution is 9.13. The quantitative estimate of drug-likeness (QED) is 0.405. The van der Waals surface area contributed by atoms with Crippen molar-refractivity contribution in [3.05, 3.63) is 37.6 Å². The zero-order chi connectivity index (χ0) is 30.1. The number of carbonyl (C=O) groups is 4. The molecule has 41 heavy (non-hydrogen) atoms. The summed E-state index contributed by atoms with van der Waals surface area (Å²) in [6, 6.07) is -2.73. The molecular weight excluding hydrogens is 666 g/mol. The molecule has 1 aromatic heterocycles. The van der Waals surface area contributed by atoms with E-state index >= 15 is 0 Å². The van der Waals surface area contributed by atoms with E-state index in [4.69, 9.17) is 4.74 Å². The molecule has 14 heteroatoms. The zero-order valence-corrected chi connectivity index (χ0v) is 26.4. The van der Waals surface area contributed by atoms with Crippen molar-refractivity contribution in [2.75, 3.05) is 6.54 Å². The van der Waals surface area contributed by atoms with Gasteiger partial charge in [-0.05, 0) is 78.3 Å². The molecular formula is C27H35Br2N5O7. The minimum Gasteiger partial charge on any atom is -0.479 e. The van der Waals surface area contributed by atoms with Gasteiger partial charge in [0.25, 0.3) is 5.56 Å². The number of carboxylic acids is 1. The molecule has 1 aromatic rings. The molecule has 0 spiro atoms. The van der Waals surface area contributed by atoms with E-state index in [0.717, 1.165) is 19.3 Å². The zero-order valence-electron chi connectivity index (χ0n) is 23.2. The van der Waals surface area contributed by atoms with Crippen molar-refractivity contribution in [2.24, 2.45) is 5.92 Å². The summed E-state index contributed by atoms with van der Waals surface area (Å²) < 4.78 is 7.31. The van der Waals surface area contributed by atoms with Crippen LogP contribution in [0.15, 0.2) is 32.1 Å². The number of hydrogen-bond acceptors (Lipinski definition) is 7. The van der Waals surface area contributed by atoms with Gasteiger partial charge in [0.15, 0.2) is 0 Å². The van der Waals surface area contributed by atoms with Crippen molar-refractivity contribution >= 4 is 55.7 Å². The van der Waals surface area contributed by atoms with Crippen LogP contribution >= 0.6 is 31.9 Å². The molecule has 1 saturated carbocycles. The van der Waals surface area contributed by atoms with E-state index in [2.05, 4.69) is 47.6 Å². The molecule has 0 aromatic carbocycles. The minimum atomic E-state index is -1.45. The standard InChI is InChI=1S/C27H35Br2N5O7/c1-26(2,3)41-25(40)31-18-10-8-6-4-5-7-9-15-12-27(15,24(38)39)32-21(35)19-11-16(14-33(19)22(18)36)34-23(37)20(29)17(28)13-30-34/h7,9,13,15-16,18-19H,4-6,8,10-12,14H2,1-3H3,(H,31,40)(H,32,35)(H,38,39)/b9-7-/t15-,16-,18+,19?,27-/m0/s1. The second-order valence-corrected chi connectivity index (χ2v) is 13.4. The average molecular weight is 701 g/mol. The van der Waals surface area contributed by atoms with Crippen molar-refractivity contribution in [1.29, 1.82) is 0 Å². The van der Waals surface area contributed by atoms with Gasteiger partial charge in [0.05, 0.1) is 16.7 Å². The van der Waals surface area contributed by atoms with Crippen LogP contribution in [0.1, 0.15) is 71.8 Å². The lowest BCUT2D eigenvalue weighted by molar-refractivity contribution is -0.145. The predicted octanol–water partition coefficient (Wildman–Crippen LogP) is 3.28. The highest BCUT2D eigenvalue weighted by Crippen LogP contribution is 2.45. The van der Waals surface area contributed by atoms with E-state index in [9.17, 15) is 29.1 Å². The maximum Gasteiger partial charge on any atom is 0.408 e. The van der Waals surface area contributed by atoms with Crippen molar-refractivity contribution in [3.63, 3.8) is 0 Å². The number of alkyl carbamates (subject to hydrolysis) is 1. The monoisotopic (exact) mass is 699 g/mol. The van der Waals surface area contributed by atoms with Crippen LogP contribution < -0.4 is 16.2 Å². The number of aliphatic carboxylic acids is 1. The van der Waals surface area contributed by atoms with Crippen molar-refractivity contribution in [2.45, 2.75) is 95.0 Å². The lowest BCUT2D eigenvalue weighted by Gasteiger charge is -2.30. The molecule has 2 aliphatic heterocycles. The normalized spacial score (nSPS) is 29.7. The lowest BCUT2D eigenvalue weighted by atomic mass is 10.0. The molecule has 0 bridgehead atoms. The first-order valence-electron chi connectivity index (χ1n) is 13.7. The van der Waals surface area contributed by atoms with Crippen LogP contribution in [0.5, 0.6) is 0 Å². The summed E-state index contributed by atoms with van der Waals surface area (Å²) in [6.45, 7) is 5.12. The Morgan fingerprint density at radius 3 is 2.61 bits per heavy atom. The van der Waals surface area contributed by atoms with Gasteiger partial charge in [0.2, 0.25) is 11.8 Å². The first kappa shape index (κ1) is 31.2. The summed E-state index contributed by atoms with van der Waals surface area (Å²) in [4.78, 5) is 67.0. The summed E-state index contributed by atoms with van der Waals surface area (Å²) in [6.07, 6.45) is 8.04. The SMILES string of the molecule is CC(C)(C)OC(=O)N[C@@H]1CCCCC/C=C\[C@H]2C[C@]2(C(=O)O)NC(=O)C2C[C@H](n3ncc(Br)c(Br)c3=O)CN2C1=O. The number of nitrogens with zero attached hydrogens (tertiary/aromatic N) is 3. The number of nitrogens with one attached hydrogen (secondary N) is 2. The fraction of sp³-hybridized carbons (Fsp3) is 0.630. The van der Waals surface area contributed by atoms with E-state index in [1.165, 1.54) is 15.8 Å². The molecule has 12 nitrogen and oxygen atoms in total. The number of carbonyl (C=O) groups excluding carboxylic acids is 3. The lowest BCUT2D eigenvalue weighted by Crippen LogP contribution is -2.56. The maximum atomic E-state index is 14.0. The van der Waals surface area contributed by atoms with Crippen molar-refractivity contribution < 1.29 is 29.0 Å². The van der Waals surface area contributed by atoms with Crippen LogP contribution in [-0.2, 0) is 19.1 Å². The summed E-state index contributed by atoms with van der Waals surface area (Å²) in [5, 5.41) is 19.6. The molecule has 0 radical (unpaired) electrons. The fourth-order valence-corrected chi connectivity index (χ4v) is 5.93. The van der Waals surface area contributed by atoms with Gasteiger partial charge in [-0.1, -0.05) is 25.0 Å². The van der Waals surface area contributed by atoms with E-state index in [0.29, 0.717) is 17.3 Å². The first-order valence-corrected chi connectivity index (χ1v) is 15.3. The smallest absolute Gasteiger partial charge is 0.408 e. The molecule has 5 atom stereocenters. The second-order valence-electron chi connectivity index (χ2n) is 11.8. The van der Waals surface area contributed by atoms with Crippen LogP contribution in [0.25, 0.3) is 0 Å². The van der Waals surface area contributed by atoms with E-state index in [1.54, 1.807) is 20.8 Å². The van der Waals surface area contributed by atoms with Crippen LogP contribution in [0.4, 0.5) is 4.79 Å². The fourth-order valence-electron chi connectivity index (χ4n) is 5.39. The minimum absolute atomic E-state index is 0.0339. The van der Waals surface area contributed by atoms with E-state index in [1.807, 2.05) is 12.2 Å². The van der Waals surface area contributed by atoms with Gasteiger partial charge in [-0.3, -0.25) is 14.4 Å². The predicted molar refractivity (Wildman–Crippen MR) is 155 cm³/mol. The van der Waals surface area contributed by atoms with Crippen LogP contribution in [0.2, 0.25) is 0 Å². The summed E-state index contributed by atoms with van der Waals surface area (Å²) in [5.41, 5.74) is -2.68. The molecule has 3 aliphatic rings. The van der Waals surface area contributed by atoms with Gasteiger partial charge in [0.1, 0.15) is 27.7 Å². The molecule has 1 saturated heterocycles. The number of hydrogen-bond donors (Lipinski definition) is 3. The molecule has 3 N–H and O–H groups in total. The van der Waals surface area contributed by atoms with Gasteiger partial charge in [-0.2, -0.15) is 5.10 Å². The average Bonchev–Trinajstić information content (AvgIpc) is 3.40. The molecule has 1 aliphatic carbocycles. The van der Waals surface area contributed by atoms with Gasteiger partial charge in [-0.25, -0.2) is 14.3 Å². The van der Waals surface area contributed by atoms with Gasteiger partial charge in [-0.15, -0.1) is 0 Å². The number of halogens is 2. The number of rotatable bonds is 3. The summed E-state index contributed by atoms with van der Waals surface area (Å²) in [7, 11) is 0. The third kappa shape index (κ3) is 7.02. The van der Waals surface area contributed by atoms with Crippen LogP contribution in [0, 0.1) is 5.92 Å². The molecule has 4 rings (SSSR count). The Kier molecular flexibility index (Phi) is 9.32. The van der Waals surface area contributed by atoms with Gasteiger partial charge >= 0.3 is 12.1 Å².